The van der Waals surface area contributed by atoms with Crippen molar-refractivity contribution in [2.45, 2.75) is 12.3 Å². The molecule has 20 heavy (non-hydrogen) atoms. The van der Waals surface area contributed by atoms with Crippen molar-refractivity contribution < 1.29 is 4.42 Å². The number of rotatable bonds is 3. The summed E-state index contributed by atoms with van der Waals surface area (Å²) in [6, 6.07) is 18.9. The molecule has 2 atom stereocenters. The van der Waals surface area contributed by atoms with E-state index in [-0.39, 0.29) is 0 Å². The van der Waals surface area contributed by atoms with Crippen LogP contribution in [0.15, 0.2) is 59.0 Å². The molecule has 1 aromatic heterocycles. The number of nitrogens with two attached hydrogens (primary N) is 1. The quantitative estimate of drug-likeness (QED) is 0.770. The predicted octanol–water partition coefficient (Wildman–Crippen LogP) is 4.16. The van der Waals surface area contributed by atoms with Crippen LogP contribution in [0.5, 0.6) is 0 Å². The van der Waals surface area contributed by atoms with Gasteiger partial charge in [-0.25, -0.2) is 0 Å². The predicted molar refractivity (Wildman–Crippen MR) is 81.6 cm³/mol. The molecule has 2 N–H and O–H groups in total. The van der Waals surface area contributed by atoms with E-state index in [9.17, 15) is 0 Å². The normalized spacial score (nSPS) is 21.2. The molecule has 0 amide bonds. The topological polar surface area (TPSA) is 39.2 Å². The maximum atomic E-state index is 5.94. The van der Waals surface area contributed by atoms with Gasteiger partial charge < -0.3 is 10.2 Å². The number of furan rings is 1. The molecule has 2 aromatic carbocycles. The van der Waals surface area contributed by atoms with E-state index >= 15 is 0 Å². The van der Waals surface area contributed by atoms with Crippen LogP contribution in [0.25, 0.3) is 22.3 Å². The Hall–Kier alpha value is -2.06. The van der Waals surface area contributed by atoms with E-state index in [4.69, 9.17) is 10.2 Å². The van der Waals surface area contributed by atoms with Crippen LogP contribution in [-0.4, -0.2) is 6.54 Å². The van der Waals surface area contributed by atoms with Crippen LogP contribution in [0, 0.1) is 5.92 Å². The van der Waals surface area contributed by atoms with Crippen LogP contribution < -0.4 is 5.73 Å². The summed E-state index contributed by atoms with van der Waals surface area (Å²) in [4.78, 5) is 0. The van der Waals surface area contributed by atoms with Gasteiger partial charge in [-0.2, -0.15) is 0 Å². The maximum Gasteiger partial charge on any atom is 0.135 e. The molecule has 1 aliphatic rings. The maximum absolute atomic E-state index is 5.94. The second-order valence-electron chi connectivity index (χ2n) is 5.61. The van der Waals surface area contributed by atoms with E-state index in [1.165, 1.54) is 12.0 Å². The molecule has 1 fully saturated rings. The fourth-order valence-corrected chi connectivity index (χ4v) is 2.96. The van der Waals surface area contributed by atoms with Crippen LogP contribution in [0.1, 0.15) is 17.9 Å². The van der Waals surface area contributed by atoms with E-state index < -0.39 is 0 Å². The van der Waals surface area contributed by atoms with Gasteiger partial charge in [0, 0.05) is 10.9 Å². The van der Waals surface area contributed by atoms with Gasteiger partial charge in [-0.05, 0) is 48.6 Å². The average Bonchev–Trinajstić information content (AvgIpc) is 3.17. The third kappa shape index (κ3) is 1.93. The molecule has 2 heteroatoms. The summed E-state index contributed by atoms with van der Waals surface area (Å²) >= 11 is 0. The van der Waals surface area contributed by atoms with Crippen LogP contribution in [0.3, 0.4) is 0 Å². The molecule has 2 nitrogen and oxygen atoms in total. The summed E-state index contributed by atoms with van der Waals surface area (Å²) in [5.41, 5.74) is 9.23. The highest BCUT2D eigenvalue weighted by Crippen LogP contribution is 2.47. The van der Waals surface area contributed by atoms with E-state index in [0.29, 0.717) is 11.8 Å². The minimum absolute atomic E-state index is 0.643. The zero-order valence-electron chi connectivity index (χ0n) is 11.3. The van der Waals surface area contributed by atoms with Crippen molar-refractivity contribution in [2.24, 2.45) is 11.7 Å². The summed E-state index contributed by atoms with van der Waals surface area (Å²) < 4.78 is 5.94. The van der Waals surface area contributed by atoms with Gasteiger partial charge in [0.2, 0.25) is 0 Å². The molecule has 0 saturated heterocycles. The zero-order valence-corrected chi connectivity index (χ0v) is 11.3. The lowest BCUT2D eigenvalue weighted by Crippen LogP contribution is -2.01. The van der Waals surface area contributed by atoms with Gasteiger partial charge in [0.1, 0.15) is 11.3 Å². The Labute approximate surface area is 118 Å². The van der Waals surface area contributed by atoms with Gasteiger partial charge in [-0.1, -0.05) is 36.4 Å². The standard InChI is InChI=1S/C18H17NO/c19-11-15-9-16(15)12-5-3-6-13(8-12)18-10-14-4-1-2-7-17(14)20-18/h1-8,10,15-16H,9,11,19H2/t15-,16-/m1/s1. The lowest BCUT2D eigenvalue weighted by molar-refractivity contribution is 0.631. The van der Waals surface area contributed by atoms with Crippen LogP contribution in [-0.2, 0) is 0 Å². The van der Waals surface area contributed by atoms with Crippen molar-refractivity contribution in [3.05, 3.63) is 60.2 Å². The molecule has 4 rings (SSSR count). The molecule has 3 aromatic rings. The summed E-state index contributed by atoms with van der Waals surface area (Å²) in [5.74, 6) is 2.25. The molecule has 1 saturated carbocycles. The molecule has 0 unspecified atom stereocenters. The highest BCUT2D eigenvalue weighted by molar-refractivity contribution is 5.82. The Kier molecular flexibility index (Phi) is 2.64. The van der Waals surface area contributed by atoms with Gasteiger partial charge in [0.25, 0.3) is 0 Å². The van der Waals surface area contributed by atoms with Gasteiger partial charge in [0.05, 0.1) is 0 Å². The van der Waals surface area contributed by atoms with Crippen molar-refractivity contribution in [3.8, 4) is 11.3 Å². The lowest BCUT2D eigenvalue weighted by Gasteiger charge is -2.02. The Morgan fingerprint density at radius 1 is 1.05 bits per heavy atom. The number of para-hydroxylation sites is 1. The van der Waals surface area contributed by atoms with Gasteiger partial charge in [0.15, 0.2) is 0 Å². The first-order chi connectivity index (χ1) is 9.85. The van der Waals surface area contributed by atoms with E-state index in [1.54, 1.807) is 0 Å². The molecule has 1 heterocycles. The molecule has 0 radical (unpaired) electrons. The molecule has 0 bridgehead atoms. The Bertz CT molecular complexity index is 726. The van der Waals surface area contributed by atoms with Gasteiger partial charge in [-0.3, -0.25) is 0 Å². The summed E-state index contributed by atoms with van der Waals surface area (Å²) in [7, 11) is 0. The van der Waals surface area contributed by atoms with Crippen molar-refractivity contribution in [1.82, 2.24) is 0 Å². The summed E-state index contributed by atoms with van der Waals surface area (Å²) in [5, 5.41) is 1.15. The Morgan fingerprint density at radius 3 is 2.75 bits per heavy atom. The SMILES string of the molecule is NC[C@H]1C[C@@H]1c1cccc(-c2cc3ccccc3o2)c1. The zero-order chi connectivity index (χ0) is 13.5. The first-order valence-electron chi connectivity index (χ1n) is 7.14. The highest BCUT2D eigenvalue weighted by Gasteiger charge is 2.36. The average molecular weight is 263 g/mol. The summed E-state index contributed by atoms with van der Waals surface area (Å²) in [6.07, 6.45) is 1.22. The molecule has 0 aliphatic heterocycles. The first-order valence-corrected chi connectivity index (χ1v) is 7.14. The fourth-order valence-electron chi connectivity index (χ4n) is 2.96. The second-order valence-corrected chi connectivity index (χ2v) is 5.61. The number of hydrogen-bond donors (Lipinski definition) is 1. The number of benzene rings is 2. The minimum Gasteiger partial charge on any atom is -0.456 e. The first kappa shape index (κ1) is 11.7. The van der Waals surface area contributed by atoms with Crippen LogP contribution >= 0.6 is 0 Å². The molecule has 1 aliphatic carbocycles. The smallest absolute Gasteiger partial charge is 0.135 e. The monoisotopic (exact) mass is 263 g/mol. The third-order valence-corrected chi connectivity index (χ3v) is 4.25. The molecule has 100 valence electrons. The summed E-state index contributed by atoms with van der Waals surface area (Å²) in [6.45, 7) is 0.791. The van der Waals surface area contributed by atoms with E-state index in [1.807, 2.05) is 18.2 Å². The molecular formula is C18H17NO. The number of hydrogen-bond acceptors (Lipinski definition) is 2. The van der Waals surface area contributed by atoms with Crippen molar-refractivity contribution in [3.63, 3.8) is 0 Å². The largest absolute Gasteiger partial charge is 0.456 e. The second kappa shape index (κ2) is 4.50. The highest BCUT2D eigenvalue weighted by atomic mass is 16.3. The fraction of sp³-hybridized carbons (Fsp3) is 0.222. The Morgan fingerprint density at radius 2 is 1.95 bits per heavy atom. The van der Waals surface area contributed by atoms with Crippen molar-refractivity contribution >= 4 is 11.0 Å². The van der Waals surface area contributed by atoms with Crippen LogP contribution in [0.4, 0.5) is 0 Å². The van der Waals surface area contributed by atoms with E-state index in [2.05, 4.69) is 36.4 Å². The van der Waals surface area contributed by atoms with Crippen LogP contribution in [0.2, 0.25) is 0 Å². The minimum atomic E-state index is 0.643. The van der Waals surface area contributed by atoms with Gasteiger partial charge in [-0.15, -0.1) is 0 Å². The Balaban J connectivity index is 1.73. The lowest BCUT2D eigenvalue weighted by atomic mass is 10.0. The van der Waals surface area contributed by atoms with Gasteiger partial charge >= 0.3 is 0 Å². The van der Waals surface area contributed by atoms with E-state index in [0.717, 1.165) is 28.8 Å². The molecule has 0 spiro atoms. The number of fused-ring (bicyclic) bond motifs is 1. The van der Waals surface area contributed by atoms with Crippen molar-refractivity contribution in [2.75, 3.05) is 6.54 Å². The molecular weight excluding hydrogens is 246 g/mol. The van der Waals surface area contributed by atoms with Crippen molar-refractivity contribution in [1.29, 1.82) is 0 Å². The third-order valence-electron chi connectivity index (χ3n) is 4.25.